The Hall–Kier alpha value is -0.780. The van der Waals surface area contributed by atoms with Crippen LogP contribution in [-0.2, 0) is 6.42 Å². The highest BCUT2D eigenvalue weighted by Gasteiger charge is 2.15. The van der Waals surface area contributed by atoms with Crippen LogP contribution in [0.4, 0.5) is 0 Å². The molecule has 86 valence electrons. The number of nitrogens with zero attached hydrogens (tertiary/aromatic N) is 2. The lowest BCUT2D eigenvalue weighted by molar-refractivity contribution is 0.177. The maximum Gasteiger partial charge on any atom is 0.122 e. The van der Waals surface area contributed by atoms with Crippen LogP contribution in [0.2, 0.25) is 0 Å². The summed E-state index contributed by atoms with van der Waals surface area (Å²) in [4.78, 5) is 9.92. The molecule has 1 atom stereocenters. The number of hydrogen-bond donors (Lipinski definition) is 1. The molecule has 0 aliphatic rings. The van der Waals surface area contributed by atoms with Gasteiger partial charge in [0.25, 0.3) is 0 Å². The van der Waals surface area contributed by atoms with E-state index in [1.807, 2.05) is 19.2 Å². The van der Waals surface area contributed by atoms with Crippen molar-refractivity contribution >= 4 is 22.7 Å². The van der Waals surface area contributed by atoms with Crippen molar-refractivity contribution in [2.45, 2.75) is 33.3 Å². The average molecular weight is 254 g/mol. The van der Waals surface area contributed by atoms with Gasteiger partial charge in [-0.3, -0.25) is 0 Å². The van der Waals surface area contributed by atoms with Crippen molar-refractivity contribution in [2.24, 2.45) is 0 Å². The highest BCUT2D eigenvalue weighted by atomic mass is 32.1. The number of thiazole rings is 2. The summed E-state index contributed by atoms with van der Waals surface area (Å²) < 4.78 is 0. The SMILES string of the molecule is Cc1csc(C(O)Cc2nc(C)c(C)s2)n1. The lowest BCUT2D eigenvalue weighted by Crippen LogP contribution is -2.01. The van der Waals surface area contributed by atoms with Crippen LogP contribution in [0.3, 0.4) is 0 Å². The van der Waals surface area contributed by atoms with Gasteiger partial charge in [0.1, 0.15) is 11.1 Å². The van der Waals surface area contributed by atoms with E-state index in [1.165, 1.54) is 16.2 Å². The molecule has 2 heterocycles. The van der Waals surface area contributed by atoms with Crippen molar-refractivity contribution in [3.63, 3.8) is 0 Å². The number of rotatable bonds is 3. The van der Waals surface area contributed by atoms with Crippen LogP contribution in [0.5, 0.6) is 0 Å². The van der Waals surface area contributed by atoms with Gasteiger partial charge in [-0.05, 0) is 20.8 Å². The maximum atomic E-state index is 10.0. The van der Waals surface area contributed by atoms with Crippen LogP contribution < -0.4 is 0 Å². The standard InChI is InChI=1S/C11H14N2OS2/c1-6-5-15-11(12-6)9(14)4-10-13-7(2)8(3)16-10/h5,9,14H,4H2,1-3H3. The Morgan fingerprint density at radius 1 is 1.31 bits per heavy atom. The molecule has 0 aromatic carbocycles. The summed E-state index contributed by atoms with van der Waals surface area (Å²) >= 11 is 3.15. The number of aryl methyl sites for hydroxylation is 3. The van der Waals surface area contributed by atoms with E-state index in [1.54, 1.807) is 11.3 Å². The van der Waals surface area contributed by atoms with Crippen molar-refractivity contribution < 1.29 is 5.11 Å². The van der Waals surface area contributed by atoms with E-state index in [2.05, 4.69) is 16.9 Å². The maximum absolute atomic E-state index is 10.0. The average Bonchev–Trinajstić information content (AvgIpc) is 2.75. The van der Waals surface area contributed by atoms with E-state index in [4.69, 9.17) is 0 Å². The Labute approximate surface area is 103 Å². The molecular formula is C11H14N2OS2. The molecule has 0 fully saturated rings. The predicted octanol–water partition coefficient (Wildman–Crippen LogP) is 2.80. The summed E-state index contributed by atoms with van der Waals surface area (Å²) in [7, 11) is 0. The van der Waals surface area contributed by atoms with Crippen LogP contribution in [0.25, 0.3) is 0 Å². The number of aromatic nitrogens is 2. The predicted molar refractivity (Wildman–Crippen MR) is 67.1 cm³/mol. The van der Waals surface area contributed by atoms with Crippen LogP contribution in [0.1, 0.15) is 32.4 Å². The Morgan fingerprint density at radius 2 is 2.06 bits per heavy atom. The minimum absolute atomic E-state index is 0.524. The van der Waals surface area contributed by atoms with Crippen molar-refractivity contribution in [1.82, 2.24) is 9.97 Å². The van der Waals surface area contributed by atoms with Crippen molar-refractivity contribution in [3.8, 4) is 0 Å². The summed E-state index contributed by atoms with van der Waals surface area (Å²) in [6.45, 7) is 5.98. The molecule has 0 aliphatic heterocycles. The van der Waals surface area contributed by atoms with E-state index >= 15 is 0 Å². The fourth-order valence-electron chi connectivity index (χ4n) is 1.40. The molecule has 0 radical (unpaired) electrons. The minimum atomic E-state index is -0.524. The monoisotopic (exact) mass is 254 g/mol. The summed E-state index contributed by atoms with van der Waals surface area (Å²) in [5, 5.41) is 13.7. The molecule has 1 unspecified atom stereocenters. The van der Waals surface area contributed by atoms with Gasteiger partial charge in [0.15, 0.2) is 0 Å². The zero-order valence-electron chi connectivity index (χ0n) is 9.52. The summed E-state index contributed by atoms with van der Waals surface area (Å²) in [6, 6.07) is 0. The molecule has 0 aliphatic carbocycles. The molecular weight excluding hydrogens is 240 g/mol. The fraction of sp³-hybridized carbons (Fsp3) is 0.455. The lowest BCUT2D eigenvalue weighted by atomic mass is 10.3. The molecule has 0 amide bonds. The molecule has 16 heavy (non-hydrogen) atoms. The molecule has 2 aromatic heterocycles. The molecule has 0 bridgehead atoms. The first-order chi connectivity index (χ1) is 7.56. The largest absolute Gasteiger partial charge is 0.385 e. The normalized spacial score (nSPS) is 13.0. The fourth-order valence-corrected chi connectivity index (χ4v) is 3.16. The third-order valence-corrected chi connectivity index (χ3v) is 4.52. The zero-order valence-corrected chi connectivity index (χ0v) is 11.2. The van der Waals surface area contributed by atoms with E-state index < -0.39 is 6.10 Å². The zero-order chi connectivity index (χ0) is 11.7. The van der Waals surface area contributed by atoms with Gasteiger partial charge in [-0.2, -0.15) is 0 Å². The van der Waals surface area contributed by atoms with Crippen LogP contribution in [0, 0.1) is 20.8 Å². The third kappa shape index (κ3) is 2.48. The van der Waals surface area contributed by atoms with Gasteiger partial charge in [-0.1, -0.05) is 0 Å². The Kier molecular flexibility index (Phi) is 3.37. The van der Waals surface area contributed by atoms with E-state index in [0.717, 1.165) is 21.4 Å². The Balaban J connectivity index is 2.10. The van der Waals surface area contributed by atoms with Crippen LogP contribution >= 0.6 is 22.7 Å². The highest BCUT2D eigenvalue weighted by molar-refractivity contribution is 7.11. The van der Waals surface area contributed by atoms with Gasteiger partial charge >= 0.3 is 0 Å². The topological polar surface area (TPSA) is 46.0 Å². The first-order valence-corrected chi connectivity index (χ1v) is 6.79. The highest BCUT2D eigenvalue weighted by Crippen LogP contribution is 2.25. The van der Waals surface area contributed by atoms with Gasteiger partial charge in [0.05, 0.1) is 10.7 Å². The smallest absolute Gasteiger partial charge is 0.122 e. The molecule has 3 nitrogen and oxygen atoms in total. The quantitative estimate of drug-likeness (QED) is 0.916. The first kappa shape index (κ1) is 11.7. The second kappa shape index (κ2) is 4.61. The number of hydrogen-bond acceptors (Lipinski definition) is 5. The van der Waals surface area contributed by atoms with Gasteiger partial charge < -0.3 is 5.11 Å². The molecule has 2 aromatic rings. The summed E-state index contributed by atoms with van der Waals surface area (Å²) in [5.74, 6) is 0. The Bertz CT molecular complexity index is 470. The molecule has 0 saturated heterocycles. The molecule has 0 spiro atoms. The van der Waals surface area contributed by atoms with Crippen molar-refractivity contribution in [2.75, 3.05) is 0 Å². The molecule has 5 heteroatoms. The van der Waals surface area contributed by atoms with Crippen molar-refractivity contribution in [1.29, 1.82) is 0 Å². The van der Waals surface area contributed by atoms with E-state index in [-0.39, 0.29) is 0 Å². The van der Waals surface area contributed by atoms with E-state index in [0.29, 0.717) is 6.42 Å². The molecule has 1 N–H and O–H groups in total. The van der Waals surface area contributed by atoms with Gasteiger partial charge in [-0.15, -0.1) is 22.7 Å². The van der Waals surface area contributed by atoms with Gasteiger partial charge in [-0.25, -0.2) is 9.97 Å². The van der Waals surface area contributed by atoms with Crippen molar-refractivity contribution in [3.05, 3.63) is 31.7 Å². The first-order valence-electron chi connectivity index (χ1n) is 5.09. The van der Waals surface area contributed by atoms with Gasteiger partial charge in [0, 0.05) is 22.4 Å². The lowest BCUT2D eigenvalue weighted by Gasteiger charge is -2.03. The number of aliphatic hydroxyl groups excluding tert-OH is 1. The minimum Gasteiger partial charge on any atom is -0.385 e. The third-order valence-electron chi connectivity index (χ3n) is 2.36. The molecule has 0 saturated carbocycles. The summed E-state index contributed by atoms with van der Waals surface area (Å²) in [6.07, 6.45) is 0.0374. The van der Waals surface area contributed by atoms with E-state index in [9.17, 15) is 5.11 Å². The Morgan fingerprint density at radius 3 is 2.56 bits per heavy atom. The van der Waals surface area contributed by atoms with Crippen LogP contribution in [0.15, 0.2) is 5.38 Å². The second-order valence-electron chi connectivity index (χ2n) is 3.80. The number of aliphatic hydroxyl groups is 1. The van der Waals surface area contributed by atoms with Gasteiger partial charge in [0.2, 0.25) is 0 Å². The second-order valence-corrected chi connectivity index (χ2v) is 5.97. The molecule has 2 rings (SSSR count). The summed E-state index contributed by atoms with van der Waals surface area (Å²) in [5.41, 5.74) is 2.02. The van der Waals surface area contributed by atoms with Crippen LogP contribution in [-0.4, -0.2) is 15.1 Å².